The zero-order valence-corrected chi connectivity index (χ0v) is 18.2. The van der Waals surface area contributed by atoms with Crippen LogP contribution in [0, 0.1) is 24.1 Å². The second-order valence-corrected chi connectivity index (χ2v) is 7.96. The Morgan fingerprint density at radius 3 is 2.63 bits per heavy atom. The number of hydrogen-bond donors (Lipinski definition) is 1. The molecule has 3 rings (SSSR count). The van der Waals surface area contributed by atoms with Gasteiger partial charge in [-0.1, -0.05) is 17.7 Å². The van der Waals surface area contributed by atoms with E-state index in [1.807, 2.05) is 25.1 Å². The summed E-state index contributed by atoms with van der Waals surface area (Å²) >= 11 is 6.25. The van der Waals surface area contributed by atoms with Gasteiger partial charge in [0, 0.05) is 24.8 Å². The number of likely N-dealkylation sites (tertiary alicyclic amines) is 1. The van der Waals surface area contributed by atoms with Crippen molar-refractivity contribution in [3.05, 3.63) is 63.9 Å². The Bertz CT molecular complexity index is 914. The van der Waals surface area contributed by atoms with E-state index in [-0.39, 0.29) is 5.82 Å². The van der Waals surface area contributed by atoms with E-state index >= 15 is 0 Å². The van der Waals surface area contributed by atoms with E-state index in [9.17, 15) is 9.18 Å². The lowest BCUT2D eigenvalue weighted by Crippen LogP contribution is -2.37. The van der Waals surface area contributed by atoms with Crippen LogP contribution >= 0.6 is 11.6 Å². The van der Waals surface area contributed by atoms with Gasteiger partial charge in [-0.3, -0.25) is 0 Å². The van der Waals surface area contributed by atoms with Crippen LogP contribution in [0.2, 0.25) is 5.02 Å². The van der Waals surface area contributed by atoms with Crippen LogP contribution in [0.25, 0.3) is 0 Å². The molecular formula is C23H27ClFN3O2. The van der Waals surface area contributed by atoms with E-state index in [2.05, 4.69) is 22.9 Å². The second kappa shape index (κ2) is 11.1. The molecule has 1 heterocycles. The van der Waals surface area contributed by atoms with E-state index in [0.717, 1.165) is 36.3 Å². The highest BCUT2D eigenvalue weighted by atomic mass is 35.5. The second-order valence-electron chi connectivity index (χ2n) is 7.56. The summed E-state index contributed by atoms with van der Waals surface area (Å²) in [7, 11) is 2.11. The first kappa shape index (κ1) is 23.8. The van der Waals surface area contributed by atoms with Crippen LogP contribution in [0.15, 0.2) is 36.4 Å². The highest BCUT2D eigenvalue weighted by Gasteiger charge is 2.27. The van der Waals surface area contributed by atoms with Gasteiger partial charge in [-0.2, -0.15) is 5.26 Å². The number of halogens is 2. The largest absolute Gasteiger partial charge is 0.386 e. The minimum absolute atomic E-state index is 0.220. The Morgan fingerprint density at radius 1 is 1.40 bits per heavy atom. The SMILES string of the molecule is CC(O)C=O.Cc1ccc(F)cc1CN(c1ccc(C#N)c(Cl)c1)C1CCN(C)C1. The van der Waals surface area contributed by atoms with Gasteiger partial charge >= 0.3 is 0 Å². The maximum atomic E-state index is 13.7. The van der Waals surface area contributed by atoms with Crippen molar-refractivity contribution in [3.8, 4) is 6.07 Å². The molecule has 1 aliphatic rings. The molecule has 2 aromatic rings. The molecule has 0 spiro atoms. The first-order valence-corrected chi connectivity index (χ1v) is 10.2. The van der Waals surface area contributed by atoms with Crippen molar-refractivity contribution in [2.45, 2.75) is 39.0 Å². The lowest BCUT2D eigenvalue weighted by Gasteiger charge is -2.32. The normalized spacial score (nSPS) is 16.9. The maximum absolute atomic E-state index is 13.7. The third kappa shape index (κ3) is 6.53. The van der Waals surface area contributed by atoms with Crippen molar-refractivity contribution in [3.63, 3.8) is 0 Å². The van der Waals surface area contributed by atoms with Gasteiger partial charge in [-0.25, -0.2) is 4.39 Å². The molecular weight excluding hydrogens is 405 g/mol. The summed E-state index contributed by atoms with van der Waals surface area (Å²) in [6.45, 7) is 6.01. The van der Waals surface area contributed by atoms with Crippen molar-refractivity contribution >= 4 is 23.6 Å². The molecule has 0 saturated carbocycles. The Labute approximate surface area is 182 Å². The van der Waals surface area contributed by atoms with Crippen molar-refractivity contribution in [1.29, 1.82) is 5.26 Å². The van der Waals surface area contributed by atoms with E-state index in [1.54, 1.807) is 12.1 Å². The number of carbonyl (C=O) groups excluding carboxylic acids is 1. The zero-order chi connectivity index (χ0) is 22.3. The van der Waals surface area contributed by atoms with Gasteiger partial charge in [0.15, 0.2) is 0 Å². The first-order chi connectivity index (χ1) is 14.2. The van der Waals surface area contributed by atoms with Gasteiger partial charge in [0.25, 0.3) is 0 Å². The topological polar surface area (TPSA) is 67.6 Å². The van der Waals surface area contributed by atoms with E-state index < -0.39 is 6.10 Å². The van der Waals surface area contributed by atoms with Gasteiger partial charge in [0.1, 0.15) is 24.3 Å². The molecule has 2 aromatic carbocycles. The molecule has 2 atom stereocenters. The molecule has 1 N–H and O–H groups in total. The van der Waals surface area contributed by atoms with Crippen molar-refractivity contribution in [1.82, 2.24) is 4.90 Å². The fraction of sp³-hybridized carbons (Fsp3) is 0.391. The molecule has 7 heteroatoms. The van der Waals surface area contributed by atoms with Crippen LogP contribution in [0.3, 0.4) is 0 Å². The Hall–Kier alpha value is -2.46. The third-order valence-corrected chi connectivity index (χ3v) is 5.37. The Morgan fingerprint density at radius 2 is 2.10 bits per heavy atom. The van der Waals surface area contributed by atoms with Crippen LogP contribution in [-0.2, 0) is 11.3 Å². The standard InChI is InChI=1S/C20H21ClFN3.C3H6O2/c1-14-3-5-17(22)9-16(14)12-25(19-7-8-24(2)13-19)18-6-4-15(11-23)20(21)10-18;1-3(5)2-4/h3-6,9-10,19H,7-8,12-13H2,1-2H3;2-3,5H,1H3. The summed E-state index contributed by atoms with van der Waals surface area (Å²) in [4.78, 5) is 13.8. The number of anilines is 1. The van der Waals surface area contributed by atoms with Crippen LogP contribution in [0.4, 0.5) is 10.1 Å². The average molecular weight is 432 g/mol. The van der Waals surface area contributed by atoms with Crippen molar-refractivity contribution in [2.75, 3.05) is 25.0 Å². The molecule has 0 aliphatic carbocycles. The molecule has 0 amide bonds. The zero-order valence-electron chi connectivity index (χ0n) is 17.5. The van der Waals surface area contributed by atoms with Gasteiger partial charge in [-0.15, -0.1) is 0 Å². The first-order valence-electron chi connectivity index (χ1n) is 9.78. The fourth-order valence-corrected chi connectivity index (χ4v) is 3.58. The number of likely N-dealkylation sites (N-methyl/N-ethyl adjacent to an activating group) is 1. The summed E-state index contributed by atoms with van der Waals surface area (Å²) < 4.78 is 13.7. The van der Waals surface area contributed by atoms with Crippen LogP contribution in [-0.4, -0.2) is 48.6 Å². The van der Waals surface area contributed by atoms with Crippen LogP contribution < -0.4 is 4.90 Å². The third-order valence-electron chi connectivity index (χ3n) is 5.06. The lowest BCUT2D eigenvalue weighted by molar-refractivity contribution is -0.114. The average Bonchev–Trinajstić information content (AvgIpc) is 3.15. The maximum Gasteiger partial charge on any atom is 0.148 e. The van der Waals surface area contributed by atoms with Crippen LogP contribution in [0.5, 0.6) is 0 Å². The van der Waals surface area contributed by atoms with Crippen LogP contribution in [0.1, 0.15) is 30.0 Å². The predicted molar refractivity (Wildman–Crippen MR) is 117 cm³/mol. The number of hydrogen-bond acceptors (Lipinski definition) is 5. The molecule has 1 fully saturated rings. The van der Waals surface area contributed by atoms with Gasteiger partial charge in [0.05, 0.1) is 10.6 Å². The van der Waals surface area contributed by atoms with Gasteiger partial charge in [0.2, 0.25) is 0 Å². The van der Waals surface area contributed by atoms with E-state index in [1.165, 1.54) is 13.0 Å². The minimum atomic E-state index is -0.796. The Kier molecular flexibility index (Phi) is 8.79. The summed E-state index contributed by atoms with van der Waals surface area (Å²) in [5.74, 6) is -0.220. The Balaban J connectivity index is 0.000000575. The summed E-state index contributed by atoms with van der Waals surface area (Å²) in [5, 5.41) is 17.5. The van der Waals surface area contributed by atoms with Crippen molar-refractivity contribution < 1.29 is 14.3 Å². The molecule has 0 aromatic heterocycles. The highest BCUT2D eigenvalue weighted by molar-refractivity contribution is 6.32. The fourth-order valence-electron chi connectivity index (χ4n) is 3.36. The summed E-state index contributed by atoms with van der Waals surface area (Å²) in [6.07, 6.45) is 0.720. The molecule has 0 bridgehead atoms. The molecule has 2 unspecified atom stereocenters. The smallest absolute Gasteiger partial charge is 0.148 e. The molecule has 30 heavy (non-hydrogen) atoms. The van der Waals surface area contributed by atoms with Gasteiger partial charge < -0.3 is 19.7 Å². The molecule has 0 radical (unpaired) electrons. The van der Waals surface area contributed by atoms with E-state index in [4.69, 9.17) is 22.0 Å². The number of nitrogens with zero attached hydrogens (tertiary/aromatic N) is 3. The highest BCUT2D eigenvalue weighted by Crippen LogP contribution is 2.29. The quantitative estimate of drug-likeness (QED) is 0.726. The van der Waals surface area contributed by atoms with Crippen molar-refractivity contribution in [2.24, 2.45) is 0 Å². The van der Waals surface area contributed by atoms with Gasteiger partial charge in [-0.05, 0) is 75.3 Å². The number of aliphatic hydroxyl groups is 1. The molecule has 1 saturated heterocycles. The molecule has 5 nitrogen and oxygen atoms in total. The summed E-state index contributed by atoms with van der Waals surface area (Å²) in [5.41, 5.74) is 3.47. The predicted octanol–water partition coefficient (Wildman–Crippen LogP) is 3.94. The number of carbonyl (C=O) groups is 1. The van der Waals surface area contributed by atoms with E-state index in [0.29, 0.717) is 29.5 Å². The number of aldehydes is 1. The monoisotopic (exact) mass is 431 g/mol. The minimum Gasteiger partial charge on any atom is -0.386 e. The number of nitriles is 1. The molecule has 1 aliphatic heterocycles. The molecule has 160 valence electrons. The summed E-state index contributed by atoms with van der Waals surface area (Å²) in [6, 6.07) is 12.9. The number of rotatable bonds is 5. The lowest BCUT2D eigenvalue weighted by atomic mass is 10.1. The number of aliphatic hydroxyl groups excluding tert-OH is 1. The number of benzene rings is 2. The number of aryl methyl sites for hydroxylation is 1.